The van der Waals surface area contributed by atoms with Crippen molar-refractivity contribution in [2.45, 2.75) is 50.7 Å². The van der Waals surface area contributed by atoms with Gasteiger partial charge in [-0.05, 0) is 60.7 Å². The number of methoxy groups -OCH3 is 2. The van der Waals surface area contributed by atoms with E-state index in [0.717, 1.165) is 29.7 Å². The van der Waals surface area contributed by atoms with Gasteiger partial charge in [0.15, 0.2) is 6.29 Å². The van der Waals surface area contributed by atoms with Crippen LogP contribution >= 0.6 is 0 Å². The van der Waals surface area contributed by atoms with Gasteiger partial charge in [-0.1, -0.05) is 31.3 Å². The third-order valence-corrected chi connectivity index (χ3v) is 6.55. The minimum atomic E-state index is -0.980. The Morgan fingerprint density at radius 2 is 1.74 bits per heavy atom. The number of rotatable bonds is 9. The molecule has 1 N–H and O–H groups in total. The second kappa shape index (κ2) is 10.4. The van der Waals surface area contributed by atoms with E-state index >= 15 is 0 Å². The summed E-state index contributed by atoms with van der Waals surface area (Å²) in [5.74, 6) is 0.628. The molecule has 1 aromatic heterocycles. The molecule has 0 saturated heterocycles. The van der Waals surface area contributed by atoms with Crippen LogP contribution in [0.5, 0.6) is 5.75 Å². The summed E-state index contributed by atoms with van der Waals surface area (Å²) in [5, 5.41) is 13.3. The predicted molar refractivity (Wildman–Crippen MR) is 126 cm³/mol. The van der Waals surface area contributed by atoms with Crippen LogP contribution in [0.1, 0.15) is 54.9 Å². The molecule has 3 aromatic rings. The molecule has 0 spiro atoms. The van der Waals surface area contributed by atoms with Crippen LogP contribution in [-0.2, 0) is 14.9 Å². The average Bonchev–Trinajstić information content (AvgIpc) is 3.35. The predicted octanol–water partition coefficient (Wildman–Crippen LogP) is 5.32. The normalized spacial score (nSPS) is 15.4. The van der Waals surface area contributed by atoms with E-state index in [1.807, 2.05) is 12.1 Å². The number of aromatic nitrogens is 2. The summed E-state index contributed by atoms with van der Waals surface area (Å²) in [7, 11) is 3.18. The molecule has 0 unspecified atom stereocenters. The van der Waals surface area contributed by atoms with E-state index in [4.69, 9.17) is 23.8 Å². The topological polar surface area (TPSA) is 104 Å². The summed E-state index contributed by atoms with van der Waals surface area (Å²) in [5.41, 5.74) is 2.80. The Morgan fingerprint density at radius 3 is 2.38 bits per heavy atom. The Hall–Kier alpha value is -3.23. The quantitative estimate of drug-likeness (QED) is 0.423. The van der Waals surface area contributed by atoms with Crippen LogP contribution in [-0.4, -0.2) is 48.3 Å². The summed E-state index contributed by atoms with van der Waals surface area (Å²) in [6.07, 6.45) is 5.32. The van der Waals surface area contributed by atoms with Crippen LogP contribution in [0.15, 0.2) is 47.0 Å². The molecule has 1 heterocycles. The molecule has 0 atom stereocenters. The van der Waals surface area contributed by atoms with Gasteiger partial charge in [0.25, 0.3) is 5.89 Å². The van der Waals surface area contributed by atoms with Crippen LogP contribution in [0.2, 0.25) is 0 Å². The van der Waals surface area contributed by atoms with E-state index in [-0.39, 0.29) is 17.6 Å². The molecule has 0 amide bonds. The highest BCUT2D eigenvalue weighted by atomic mass is 16.7. The number of aromatic carboxylic acids is 1. The van der Waals surface area contributed by atoms with Crippen LogP contribution in [0, 0.1) is 0 Å². The highest BCUT2D eigenvalue weighted by molar-refractivity contribution is 5.88. The molecule has 1 fully saturated rings. The lowest BCUT2D eigenvalue weighted by atomic mass is 9.70. The first-order valence-electron chi connectivity index (χ1n) is 11.4. The smallest absolute Gasteiger partial charge is 0.335 e. The van der Waals surface area contributed by atoms with E-state index in [1.165, 1.54) is 31.4 Å². The summed E-state index contributed by atoms with van der Waals surface area (Å²) >= 11 is 0. The lowest BCUT2D eigenvalue weighted by Crippen LogP contribution is -2.27. The van der Waals surface area contributed by atoms with E-state index in [1.54, 1.807) is 26.4 Å². The fraction of sp³-hybridized carbons (Fsp3) is 0.423. The zero-order valence-corrected chi connectivity index (χ0v) is 19.7. The summed E-state index contributed by atoms with van der Waals surface area (Å²) < 4.78 is 22.2. The first-order valence-corrected chi connectivity index (χ1v) is 11.4. The number of carboxylic acid groups (broad SMARTS) is 1. The Morgan fingerprint density at radius 1 is 1.06 bits per heavy atom. The van der Waals surface area contributed by atoms with E-state index < -0.39 is 12.3 Å². The molecule has 1 aliphatic carbocycles. The van der Waals surface area contributed by atoms with Gasteiger partial charge in [0.1, 0.15) is 12.4 Å². The molecule has 34 heavy (non-hydrogen) atoms. The summed E-state index contributed by atoms with van der Waals surface area (Å²) in [4.78, 5) is 15.7. The van der Waals surface area contributed by atoms with Gasteiger partial charge in [0, 0.05) is 30.9 Å². The van der Waals surface area contributed by atoms with Crippen molar-refractivity contribution in [3.05, 3.63) is 53.6 Å². The molecular weight excluding hydrogens is 436 g/mol. The van der Waals surface area contributed by atoms with Crippen molar-refractivity contribution in [3.63, 3.8) is 0 Å². The molecule has 1 aliphatic rings. The summed E-state index contributed by atoms with van der Waals surface area (Å²) in [6, 6.07) is 12.3. The van der Waals surface area contributed by atoms with Crippen molar-refractivity contribution in [1.29, 1.82) is 0 Å². The third-order valence-electron chi connectivity index (χ3n) is 6.55. The zero-order valence-electron chi connectivity index (χ0n) is 19.7. The number of hydrogen-bond acceptors (Lipinski definition) is 7. The van der Waals surface area contributed by atoms with Gasteiger partial charge in [-0.3, -0.25) is 0 Å². The Labute approximate surface area is 198 Å². The zero-order chi connectivity index (χ0) is 24.1. The van der Waals surface area contributed by atoms with Crippen molar-refractivity contribution in [3.8, 4) is 28.6 Å². The van der Waals surface area contributed by atoms with Gasteiger partial charge in [-0.2, -0.15) is 4.98 Å². The first-order chi connectivity index (χ1) is 16.4. The molecule has 2 aromatic carbocycles. The summed E-state index contributed by atoms with van der Waals surface area (Å²) in [6.45, 7) is 2.57. The monoisotopic (exact) mass is 466 g/mol. The lowest BCUT2D eigenvalue weighted by molar-refractivity contribution is -0.122. The van der Waals surface area contributed by atoms with Gasteiger partial charge < -0.3 is 23.8 Å². The van der Waals surface area contributed by atoms with Crippen molar-refractivity contribution in [2.24, 2.45) is 0 Å². The Bertz CT molecular complexity index is 1110. The number of carboxylic acids is 1. The number of benzene rings is 2. The molecule has 4 rings (SSSR count). The fourth-order valence-corrected chi connectivity index (χ4v) is 4.47. The van der Waals surface area contributed by atoms with Crippen molar-refractivity contribution in [2.75, 3.05) is 20.8 Å². The standard InChI is InChI=1S/C26H30N2O6/c1-26(13-5-4-6-14-26)20-15-19(11-12-21(20)33-16-22(31-2)32-3)23-27-24(34-28-23)17-7-9-18(10-8-17)25(29)30/h7-12,15,22H,4-6,13-14,16H2,1-3H3,(H,29,30). The Balaban J connectivity index is 1.65. The second-order valence-corrected chi connectivity index (χ2v) is 8.85. The second-order valence-electron chi connectivity index (χ2n) is 8.85. The number of ether oxygens (including phenoxy) is 3. The molecule has 8 nitrogen and oxygen atoms in total. The maximum Gasteiger partial charge on any atom is 0.335 e. The van der Waals surface area contributed by atoms with Crippen LogP contribution in [0.25, 0.3) is 22.8 Å². The van der Waals surface area contributed by atoms with Gasteiger partial charge in [-0.25, -0.2) is 4.79 Å². The average molecular weight is 467 g/mol. The highest BCUT2D eigenvalue weighted by Gasteiger charge is 2.32. The molecule has 0 aliphatic heterocycles. The molecule has 1 saturated carbocycles. The maximum atomic E-state index is 11.1. The minimum Gasteiger partial charge on any atom is -0.488 e. The van der Waals surface area contributed by atoms with Gasteiger partial charge in [-0.15, -0.1) is 0 Å². The van der Waals surface area contributed by atoms with Gasteiger partial charge >= 0.3 is 5.97 Å². The Kier molecular flexibility index (Phi) is 7.29. The van der Waals surface area contributed by atoms with Crippen LogP contribution in [0.4, 0.5) is 0 Å². The number of nitrogens with zero attached hydrogens (tertiary/aromatic N) is 2. The van der Waals surface area contributed by atoms with Crippen molar-refractivity contribution >= 4 is 5.97 Å². The fourth-order valence-electron chi connectivity index (χ4n) is 4.47. The maximum absolute atomic E-state index is 11.1. The van der Waals surface area contributed by atoms with E-state index in [0.29, 0.717) is 17.3 Å². The van der Waals surface area contributed by atoms with E-state index in [9.17, 15) is 4.79 Å². The first kappa shape index (κ1) is 23.9. The van der Waals surface area contributed by atoms with Crippen molar-refractivity contribution in [1.82, 2.24) is 10.1 Å². The van der Waals surface area contributed by atoms with Gasteiger partial charge in [0.2, 0.25) is 5.82 Å². The highest BCUT2D eigenvalue weighted by Crippen LogP contribution is 2.44. The largest absolute Gasteiger partial charge is 0.488 e. The van der Waals surface area contributed by atoms with Crippen LogP contribution in [0.3, 0.4) is 0 Å². The number of carbonyl (C=O) groups is 1. The molecule has 180 valence electrons. The third kappa shape index (κ3) is 5.13. The van der Waals surface area contributed by atoms with Crippen LogP contribution < -0.4 is 4.74 Å². The SMILES string of the molecule is COC(COc1ccc(-c2noc(-c3ccc(C(=O)O)cc3)n2)cc1C1(C)CCCCC1)OC. The minimum absolute atomic E-state index is 0.0154. The molecular formula is C26H30N2O6. The van der Waals surface area contributed by atoms with Gasteiger partial charge in [0.05, 0.1) is 5.56 Å². The molecule has 0 bridgehead atoms. The molecule has 8 heteroatoms. The van der Waals surface area contributed by atoms with Crippen molar-refractivity contribution < 1.29 is 28.6 Å². The lowest BCUT2D eigenvalue weighted by Gasteiger charge is -2.35. The van der Waals surface area contributed by atoms with E-state index in [2.05, 4.69) is 23.1 Å². The number of hydrogen-bond donors (Lipinski definition) is 1. The molecule has 0 radical (unpaired) electrons.